The van der Waals surface area contributed by atoms with Gasteiger partial charge in [-0.25, -0.2) is 9.86 Å². The second-order valence-electron chi connectivity index (χ2n) is 26.1. The van der Waals surface area contributed by atoms with Crippen LogP contribution in [0.4, 0.5) is 4.79 Å². The van der Waals surface area contributed by atoms with Gasteiger partial charge in [0.15, 0.2) is 25.0 Å². The molecule has 15 heteroatoms. The number of carbonyl (C=O) groups excluding carboxylic acids is 2. The predicted octanol–water partition coefficient (Wildman–Crippen LogP) is 13.3. The lowest BCUT2D eigenvalue weighted by Gasteiger charge is -2.45. The highest BCUT2D eigenvalue weighted by Crippen LogP contribution is 2.43. The van der Waals surface area contributed by atoms with Crippen molar-refractivity contribution >= 4 is 37.0 Å². The zero-order chi connectivity index (χ0) is 56.1. The first-order valence-corrected chi connectivity index (χ1v) is 35.5. The summed E-state index contributed by atoms with van der Waals surface area (Å²) in [6, 6.07) is 10.0. The summed E-state index contributed by atoms with van der Waals surface area (Å²) in [6.45, 7) is 50.8. The Morgan fingerprint density at radius 3 is 1.61 bits per heavy atom. The van der Waals surface area contributed by atoms with Gasteiger partial charge in [-0.3, -0.25) is 9.63 Å². The Bertz CT molecular complexity index is 1840. The van der Waals surface area contributed by atoms with Crippen molar-refractivity contribution in [2.45, 2.75) is 228 Å². The molecule has 0 radical (unpaired) electrons. The molecule has 13 atom stereocenters. The number of nitrogens with zero attached hydrogens (tertiary/aromatic N) is 1. The summed E-state index contributed by atoms with van der Waals surface area (Å²) in [5.41, 5.74) is 8.04. The number of amides is 2. The van der Waals surface area contributed by atoms with E-state index < -0.39 is 67.3 Å². The number of rotatable bonds is 29. The number of hydroxylamine groups is 2. The third-order valence-corrected chi connectivity index (χ3v) is 30.0. The van der Waals surface area contributed by atoms with Crippen LogP contribution in [-0.2, 0) is 39.0 Å². The van der Waals surface area contributed by atoms with E-state index in [0.29, 0.717) is 13.2 Å². The molecule has 72 heavy (non-hydrogen) atoms. The van der Waals surface area contributed by atoms with Gasteiger partial charge in [-0.2, -0.15) is 0 Å². The van der Waals surface area contributed by atoms with Crippen LogP contribution < -0.4 is 5.73 Å². The van der Waals surface area contributed by atoms with E-state index >= 15 is 0 Å². The van der Waals surface area contributed by atoms with Gasteiger partial charge in [0.2, 0.25) is 0 Å². The molecule has 0 fully saturated rings. The third kappa shape index (κ3) is 20.7. The Labute approximate surface area is 443 Å². The summed E-state index contributed by atoms with van der Waals surface area (Å²) >= 11 is 0. The molecular weight excluding hydrogens is 957 g/mol. The summed E-state index contributed by atoms with van der Waals surface area (Å²) in [5.74, 6) is -1.70. The van der Waals surface area contributed by atoms with Gasteiger partial charge in [0.25, 0.3) is 5.91 Å². The zero-order valence-electron chi connectivity index (χ0n) is 50.1. The van der Waals surface area contributed by atoms with Gasteiger partial charge in [-0.1, -0.05) is 165 Å². The van der Waals surface area contributed by atoms with Crippen LogP contribution >= 0.6 is 0 Å². The van der Waals surface area contributed by atoms with Crippen LogP contribution in [0.15, 0.2) is 54.1 Å². The summed E-state index contributed by atoms with van der Waals surface area (Å²) in [7, 11) is -3.96. The molecule has 0 saturated heterocycles. The molecule has 0 saturated carbocycles. The van der Waals surface area contributed by atoms with Gasteiger partial charge in [0.05, 0.1) is 56.8 Å². The summed E-state index contributed by atoms with van der Waals surface area (Å²) in [6.07, 6.45) is 2.64. The van der Waals surface area contributed by atoms with Gasteiger partial charge in [0, 0.05) is 31.2 Å². The Morgan fingerprint density at radius 2 is 1.15 bits per heavy atom. The number of primary amides is 1. The van der Waals surface area contributed by atoms with Crippen molar-refractivity contribution in [2.75, 3.05) is 20.8 Å². The lowest BCUT2D eigenvalue weighted by atomic mass is 9.81. The van der Waals surface area contributed by atoms with Crippen molar-refractivity contribution in [1.82, 2.24) is 5.06 Å². The molecule has 0 aromatic heterocycles. The highest BCUT2D eigenvalue weighted by molar-refractivity contribution is 6.75. The summed E-state index contributed by atoms with van der Waals surface area (Å²) in [5, 5.41) is 24.2. The smallest absolute Gasteiger partial charge is 0.404 e. The Kier molecular flexibility index (Phi) is 26.6. The van der Waals surface area contributed by atoms with Crippen LogP contribution in [0.5, 0.6) is 0 Å². The molecule has 8 unspecified atom stereocenters. The lowest BCUT2D eigenvalue weighted by Crippen LogP contribution is -2.52. The second kappa shape index (κ2) is 28.3. The number of hydrogen-bond acceptors (Lipinski definition) is 10. The fourth-order valence-corrected chi connectivity index (χ4v) is 13.1. The van der Waals surface area contributed by atoms with E-state index in [9.17, 15) is 19.8 Å². The zero-order valence-corrected chi connectivity index (χ0v) is 53.1. The van der Waals surface area contributed by atoms with Crippen molar-refractivity contribution in [3.8, 4) is 0 Å². The summed E-state index contributed by atoms with van der Waals surface area (Å²) < 4.78 is 33.6. The molecular formula is C57H108N2O10Si3. The SMILES string of the molecule is CON(C)C(=O)C(C)C(O[Si](C)(C)C(C)(C)C)C(C)[C@@H](O)CC(O)/C=C\[C@H](C)[C@H](O[Si](C)(C)C(C)(C)C)[C@@H](C)/C=C(/C)CC(C)C(O[Si](C)(C)C(C)(C)C)C(C)C(OC(N)=O)[C@@H](C)COCc1ccccc1. The average molecular weight is 1070 g/mol. The molecule has 0 spiro atoms. The maximum atomic E-state index is 13.4. The van der Waals surface area contributed by atoms with Crippen LogP contribution in [-0.4, -0.2) is 110 Å². The number of benzene rings is 1. The van der Waals surface area contributed by atoms with E-state index in [0.717, 1.165) is 12.0 Å². The number of aliphatic hydroxyl groups is 2. The van der Waals surface area contributed by atoms with E-state index in [-0.39, 0.29) is 69.2 Å². The van der Waals surface area contributed by atoms with Crippen molar-refractivity contribution in [3.63, 3.8) is 0 Å². The fourth-order valence-electron chi connectivity index (χ4n) is 8.67. The monoisotopic (exact) mass is 1060 g/mol. The van der Waals surface area contributed by atoms with E-state index in [2.05, 4.69) is 142 Å². The van der Waals surface area contributed by atoms with Gasteiger partial charge in [-0.15, -0.1) is 0 Å². The Balaban J connectivity index is 3.59. The van der Waals surface area contributed by atoms with Gasteiger partial charge in [0.1, 0.15) is 6.10 Å². The minimum Gasteiger partial charge on any atom is -0.446 e. The normalized spacial score (nSPS) is 19.3. The van der Waals surface area contributed by atoms with E-state index in [4.69, 9.17) is 33.3 Å². The Hall–Kier alpha value is -2.19. The molecule has 12 nitrogen and oxygen atoms in total. The van der Waals surface area contributed by atoms with Crippen molar-refractivity contribution in [2.24, 2.45) is 47.2 Å². The number of ether oxygens (including phenoxy) is 2. The van der Waals surface area contributed by atoms with Gasteiger partial charge < -0.3 is 38.7 Å². The van der Waals surface area contributed by atoms with Crippen LogP contribution in [0, 0.1) is 41.4 Å². The third-order valence-electron chi connectivity index (χ3n) is 16.6. The fraction of sp³-hybridized carbons (Fsp3) is 0.789. The maximum Gasteiger partial charge on any atom is 0.404 e. The molecule has 4 N–H and O–H groups in total. The quantitative estimate of drug-likeness (QED) is 0.0400. The van der Waals surface area contributed by atoms with Crippen molar-refractivity contribution in [1.29, 1.82) is 0 Å². The first kappa shape index (κ1) is 67.8. The first-order valence-electron chi connectivity index (χ1n) is 26.8. The minimum atomic E-state index is -2.38. The molecule has 0 aliphatic rings. The second-order valence-corrected chi connectivity index (χ2v) is 40.4. The molecule has 0 heterocycles. The van der Waals surface area contributed by atoms with Crippen LogP contribution in [0.2, 0.25) is 54.4 Å². The van der Waals surface area contributed by atoms with Gasteiger partial charge in [-0.05, 0) is 91.1 Å². The lowest BCUT2D eigenvalue weighted by molar-refractivity contribution is -0.177. The van der Waals surface area contributed by atoms with Crippen LogP contribution in [0.25, 0.3) is 0 Å². The highest BCUT2D eigenvalue weighted by Gasteiger charge is 2.47. The van der Waals surface area contributed by atoms with E-state index in [1.807, 2.05) is 57.2 Å². The largest absolute Gasteiger partial charge is 0.446 e. The maximum absolute atomic E-state index is 13.4. The van der Waals surface area contributed by atoms with Gasteiger partial charge >= 0.3 is 6.09 Å². The molecule has 2 amide bonds. The number of aliphatic hydroxyl groups excluding tert-OH is 2. The molecule has 0 aliphatic heterocycles. The molecule has 1 aromatic carbocycles. The molecule has 0 bridgehead atoms. The Morgan fingerprint density at radius 1 is 0.681 bits per heavy atom. The summed E-state index contributed by atoms with van der Waals surface area (Å²) in [4.78, 5) is 31.2. The molecule has 0 aliphatic carbocycles. The number of carbonyl (C=O) groups is 2. The van der Waals surface area contributed by atoms with Crippen LogP contribution in [0.1, 0.15) is 136 Å². The number of allylic oxidation sites excluding steroid dienone is 1. The van der Waals surface area contributed by atoms with E-state index in [1.54, 1.807) is 13.1 Å². The highest BCUT2D eigenvalue weighted by atomic mass is 28.4. The topological polar surface area (TPSA) is 159 Å². The standard InChI is InChI=1S/C57H108N2O10Si3/c1-38(34-41(4)51(68-71(22,23)56(12,13)14)44(7)50(66-54(58)63)42(5)36-65-37-46-29-27-26-28-30-46)33-40(3)49(67-70(20,21)55(9,10)11)39(2)31-32-47(60)35-48(61)43(6)52(45(8)53(62)59(18)64-19)69-72(24,25)57(15,16)17/h26-33,39-45,47-52,60-61H,34-37H2,1-25H3,(H2,58,63)/b32-31-,38-33-/t39-,40-,41?,42-,43?,44?,45?,47?,48-,49-,50?,51?,52?/m0/s1. The minimum absolute atomic E-state index is 0.00357. The first-order chi connectivity index (χ1) is 32.6. The van der Waals surface area contributed by atoms with Crippen molar-refractivity contribution in [3.05, 3.63) is 59.7 Å². The van der Waals surface area contributed by atoms with Crippen LogP contribution in [0.3, 0.4) is 0 Å². The predicted molar refractivity (Wildman–Crippen MR) is 305 cm³/mol. The number of nitrogens with two attached hydrogens (primary N) is 1. The molecule has 418 valence electrons. The molecule has 1 aromatic rings. The average Bonchev–Trinajstić information content (AvgIpc) is 3.25. The molecule has 1 rings (SSSR count). The van der Waals surface area contributed by atoms with Crippen molar-refractivity contribution < 1.29 is 47.4 Å². The number of hydrogen-bond donors (Lipinski definition) is 3. The van der Waals surface area contributed by atoms with E-state index in [1.165, 1.54) is 17.7 Å².